The van der Waals surface area contributed by atoms with Gasteiger partial charge in [-0.05, 0) is 12.1 Å². The lowest BCUT2D eigenvalue weighted by molar-refractivity contribution is -0.383. The summed E-state index contributed by atoms with van der Waals surface area (Å²) in [5.74, 6) is 0. The Kier molecular flexibility index (Phi) is 1.76. The van der Waals surface area contributed by atoms with E-state index in [0.717, 1.165) is 10.9 Å². The Morgan fingerprint density at radius 1 is 0.947 bits per heavy atom. The van der Waals surface area contributed by atoms with Gasteiger partial charge in [-0.25, -0.2) is 4.98 Å². The maximum Gasteiger partial charge on any atom is 0.297 e. The lowest BCUT2D eigenvalue weighted by Crippen LogP contribution is -1.89. The third-order valence-corrected chi connectivity index (χ3v) is 3.22. The third-order valence-electron chi connectivity index (χ3n) is 3.22. The first-order valence-corrected chi connectivity index (χ1v) is 5.67. The van der Waals surface area contributed by atoms with Gasteiger partial charge in [-0.1, -0.05) is 18.2 Å². The van der Waals surface area contributed by atoms with Crippen LogP contribution in [0.15, 0.2) is 46.6 Å². The van der Waals surface area contributed by atoms with Crippen molar-refractivity contribution in [3.05, 3.63) is 46.5 Å². The van der Waals surface area contributed by atoms with Crippen molar-refractivity contribution in [1.82, 2.24) is 4.98 Å². The monoisotopic (exact) mass is 250 g/mol. The quantitative estimate of drug-likeness (QED) is 0.290. The fourth-order valence-electron chi connectivity index (χ4n) is 2.38. The average Bonchev–Trinajstić information content (AvgIpc) is 2.85. The predicted molar refractivity (Wildman–Crippen MR) is 70.1 cm³/mol. The lowest BCUT2D eigenvalue weighted by Gasteiger charge is -2.03. The first-order valence-electron chi connectivity index (χ1n) is 5.67. The number of benzene rings is 2. The number of rotatable bonds is 1. The topological polar surface area (TPSA) is 80.8 Å². The highest BCUT2D eigenvalue weighted by atomic mass is 16.6. The summed E-state index contributed by atoms with van der Waals surface area (Å²) in [6, 6.07) is 10.6. The maximum atomic E-state index is 11.0. The lowest BCUT2D eigenvalue weighted by atomic mass is 10.1. The van der Waals surface area contributed by atoms with Crippen LogP contribution in [0.5, 0.6) is 0 Å². The minimum atomic E-state index is -0.446. The van der Waals surface area contributed by atoms with Gasteiger partial charge in [0, 0.05) is 11.5 Å². The minimum absolute atomic E-state index is 0.0351. The van der Waals surface area contributed by atoms with Gasteiger partial charge >= 0.3 is 0 Å². The smallest absolute Gasteiger partial charge is 0.258 e. The van der Waals surface area contributed by atoms with Crippen molar-refractivity contribution in [2.75, 3.05) is 0 Å². The van der Waals surface area contributed by atoms with E-state index in [1.807, 2.05) is 24.3 Å². The van der Waals surface area contributed by atoms with E-state index in [2.05, 4.69) is 15.2 Å². The number of aromatic nitrogens is 1. The van der Waals surface area contributed by atoms with E-state index in [0.29, 0.717) is 22.3 Å². The summed E-state index contributed by atoms with van der Waals surface area (Å²) in [6.07, 6.45) is 0. The zero-order valence-corrected chi connectivity index (χ0v) is 9.57. The van der Waals surface area contributed by atoms with Crippen LogP contribution in [-0.2, 0) is 0 Å². The number of nitrogens with zero attached hydrogens (tertiary/aromatic N) is 4. The molecule has 0 amide bonds. The SMILES string of the molecule is O=[N+]([O-])c1ccc2nc3ccccc3c3c2c1N=N3. The van der Waals surface area contributed by atoms with Gasteiger partial charge in [0.1, 0.15) is 5.69 Å². The van der Waals surface area contributed by atoms with Crippen LogP contribution < -0.4 is 0 Å². The van der Waals surface area contributed by atoms with Gasteiger partial charge in [-0.3, -0.25) is 10.1 Å². The van der Waals surface area contributed by atoms with Gasteiger partial charge in [0.15, 0.2) is 5.69 Å². The molecule has 0 N–H and O–H groups in total. The van der Waals surface area contributed by atoms with Crippen molar-refractivity contribution < 1.29 is 4.92 Å². The van der Waals surface area contributed by atoms with Gasteiger partial charge in [-0.2, -0.15) is 0 Å². The molecular weight excluding hydrogens is 244 g/mol. The van der Waals surface area contributed by atoms with Gasteiger partial charge in [0.25, 0.3) is 5.69 Å². The van der Waals surface area contributed by atoms with Crippen LogP contribution in [-0.4, -0.2) is 9.91 Å². The number of azo groups is 1. The minimum Gasteiger partial charge on any atom is -0.258 e. The van der Waals surface area contributed by atoms with Crippen LogP contribution in [0.3, 0.4) is 0 Å². The molecule has 0 bridgehead atoms. The summed E-state index contributed by atoms with van der Waals surface area (Å²) < 4.78 is 0. The molecule has 90 valence electrons. The Hall–Kier alpha value is -2.89. The van der Waals surface area contributed by atoms with Gasteiger partial charge in [0.05, 0.1) is 21.3 Å². The molecule has 2 aromatic carbocycles. The molecule has 1 aliphatic heterocycles. The summed E-state index contributed by atoms with van der Waals surface area (Å²) in [5.41, 5.74) is 2.42. The summed E-state index contributed by atoms with van der Waals surface area (Å²) >= 11 is 0. The van der Waals surface area contributed by atoms with E-state index in [9.17, 15) is 10.1 Å². The number of fused-ring (bicyclic) bond motifs is 2. The average molecular weight is 250 g/mol. The second-order valence-electron chi connectivity index (χ2n) is 4.26. The first kappa shape index (κ1) is 10.1. The largest absolute Gasteiger partial charge is 0.297 e. The molecule has 0 aliphatic carbocycles. The fraction of sp³-hybridized carbons (Fsp3) is 0. The number of para-hydroxylation sites is 1. The molecule has 3 aromatic rings. The van der Waals surface area contributed by atoms with Crippen LogP contribution in [0.2, 0.25) is 0 Å². The normalized spacial score (nSPS) is 12.4. The highest BCUT2D eigenvalue weighted by molar-refractivity contribution is 6.13. The zero-order valence-electron chi connectivity index (χ0n) is 9.57. The van der Waals surface area contributed by atoms with Crippen LogP contribution in [0.4, 0.5) is 17.1 Å². The van der Waals surface area contributed by atoms with E-state index < -0.39 is 4.92 Å². The molecule has 0 fully saturated rings. The fourth-order valence-corrected chi connectivity index (χ4v) is 2.38. The zero-order chi connectivity index (χ0) is 13.0. The van der Waals surface area contributed by atoms with E-state index in [-0.39, 0.29) is 5.69 Å². The Morgan fingerprint density at radius 2 is 1.74 bits per heavy atom. The Bertz CT molecular complexity index is 902. The van der Waals surface area contributed by atoms with Gasteiger partial charge < -0.3 is 0 Å². The van der Waals surface area contributed by atoms with Crippen LogP contribution in [0.1, 0.15) is 0 Å². The predicted octanol–water partition coefficient (Wildman–Crippen LogP) is 4.03. The summed E-state index contributed by atoms with van der Waals surface area (Å²) in [4.78, 5) is 15.0. The number of nitro groups is 1. The number of hydrogen-bond donors (Lipinski definition) is 0. The standard InChI is InChI=1S/C13H6N4O2/c18-17(19)10-6-5-9-11-12(15-16-13(10)11)7-3-1-2-4-8(7)14-9/h1-6H. The summed E-state index contributed by atoms with van der Waals surface area (Å²) in [6.45, 7) is 0. The van der Waals surface area contributed by atoms with E-state index in [1.54, 1.807) is 6.07 Å². The molecular formula is C13H6N4O2. The molecule has 2 heterocycles. The van der Waals surface area contributed by atoms with Crippen LogP contribution in [0.25, 0.3) is 21.8 Å². The van der Waals surface area contributed by atoms with Gasteiger partial charge in [-0.15, -0.1) is 10.2 Å². The second-order valence-corrected chi connectivity index (χ2v) is 4.26. The molecule has 6 nitrogen and oxygen atoms in total. The van der Waals surface area contributed by atoms with Crippen molar-refractivity contribution in [2.45, 2.75) is 0 Å². The molecule has 0 saturated heterocycles. The van der Waals surface area contributed by atoms with Crippen molar-refractivity contribution in [2.24, 2.45) is 10.2 Å². The third kappa shape index (κ3) is 1.22. The molecule has 0 spiro atoms. The molecule has 4 rings (SSSR count). The van der Waals surface area contributed by atoms with Crippen LogP contribution in [0, 0.1) is 10.1 Å². The second kappa shape index (κ2) is 3.32. The Balaban J connectivity index is 2.26. The van der Waals surface area contributed by atoms with E-state index in [4.69, 9.17) is 0 Å². The van der Waals surface area contributed by atoms with Crippen molar-refractivity contribution in [1.29, 1.82) is 0 Å². The molecule has 19 heavy (non-hydrogen) atoms. The number of hydrogen-bond acceptors (Lipinski definition) is 5. The Labute approximate surface area is 106 Å². The summed E-state index contributed by atoms with van der Waals surface area (Å²) in [7, 11) is 0. The number of pyridine rings is 1. The highest BCUT2D eigenvalue weighted by Gasteiger charge is 2.25. The Morgan fingerprint density at radius 3 is 2.58 bits per heavy atom. The molecule has 1 aliphatic rings. The maximum absolute atomic E-state index is 11.0. The number of nitro benzene ring substituents is 1. The molecule has 0 saturated carbocycles. The van der Waals surface area contributed by atoms with Crippen molar-refractivity contribution in [3.63, 3.8) is 0 Å². The summed E-state index contributed by atoms with van der Waals surface area (Å²) in [5, 5.41) is 20.6. The molecule has 1 aromatic heterocycles. The molecule has 0 radical (unpaired) electrons. The van der Waals surface area contributed by atoms with Crippen molar-refractivity contribution in [3.8, 4) is 0 Å². The van der Waals surface area contributed by atoms with E-state index >= 15 is 0 Å². The molecule has 6 heteroatoms. The van der Waals surface area contributed by atoms with Crippen molar-refractivity contribution >= 4 is 38.9 Å². The molecule has 0 atom stereocenters. The highest BCUT2D eigenvalue weighted by Crippen LogP contribution is 2.48. The van der Waals surface area contributed by atoms with E-state index in [1.165, 1.54) is 6.07 Å². The van der Waals surface area contributed by atoms with Crippen LogP contribution >= 0.6 is 0 Å². The first-order chi connectivity index (χ1) is 9.25. The molecule has 0 unspecified atom stereocenters. The van der Waals surface area contributed by atoms with Gasteiger partial charge in [0.2, 0.25) is 0 Å².